The second kappa shape index (κ2) is 7.73. The van der Waals surface area contributed by atoms with E-state index in [-0.39, 0.29) is 11.5 Å². The van der Waals surface area contributed by atoms with Gasteiger partial charge in [0.05, 0.1) is 18.4 Å². The predicted octanol–water partition coefficient (Wildman–Crippen LogP) is 5.35. The Morgan fingerprint density at radius 3 is 2.55 bits per heavy atom. The van der Waals surface area contributed by atoms with Crippen molar-refractivity contribution >= 4 is 40.6 Å². The molecule has 0 fully saturated rings. The second-order valence-corrected chi connectivity index (χ2v) is 6.66. The van der Waals surface area contributed by atoms with Crippen molar-refractivity contribution in [3.8, 4) is 17.2 Å². The van der Waals surface area contributed by atoms with E-state index < -0.39 is 6.03 Å². The Hall–Kier alpha value is -3.71. The average molecular weight is 410 g/mol. The zero-order valence-electron chi connectivity index (χ0n) is 15.3. The number of anilines is 3. The summed E-state index contributed by atoms with van der Waals surface area (Å²) in [5, 5.41) is 8.66. The minimum Gasteiger partial charge on any atom is -0.497 e. The van der Waals surface area contributed by atoms with Crippen molar-refractivity contribution < 1.29 is 19.1 Å². The van der Waals surface area contributed by atoms with Crippen LogP contribution in [0.5, 0.6) is 17.2 Å². The Balaban J connectivity index is 1.52. The number of amides is 3. The first kappa shape index (κ1) is 18.6. The maximum atomic E-state index is 12.6. The van der Waals surface area contributed by atoms with E-state index >= 15 is 0 Å². The largest absolute Gasteiger partial charge is 0.497 e. The lowest BCUT2D eigenvalue weighted by Gasteiger charge is -2.11. The first-order chi connectivity index (χ1) is 14.0. The van der Waals surface area contributed by atoms with Crippen molar-refractivity contribution in [3.05, 3.63) is 71.2 Å². The van der Waals surface area contributed by atoms with E-state index in [1.165, 1.54) is 0 Å². The molecule has 0 saturated carbocycles. The van der Waals surface area contributed by atoms with Crippen molar-refractivity contribution in [2.24, 2.45) is 0 Å². The maximum absolute atomic E-state index is 12.6. The number of carbonyl (C=O) groups excluding carboxylic acids is 2. The number of nitrogens with one attached hydrogen (secondary N) is 3. The van der Waals surface area contributed by atoms with Crippen LogP contribution >= 0.6 is 11.6 Å². The molecule has 0 radical (unpaired) electrons. The van der Waals surface area contributed by atoms with Crippen LogP contribution in [0.4, 0.5) is 21.9 Å². The zero-order chi connectivity index (χ0) is 20.4. The molecule has 3 aromatic rings. The molecule has 1 aliphatic rings. The van der Waals surface area contributed by atoms with Crippen LogP contribution in [0.1, 0.15) is 10.4 Å². The molecule has 0 aromatic heterocycles. The van der Waals surface area contributed by atoms with Crippen LogP contribution < -0.4 is 25.4 Å². The molecular weight excluding hydrogens is 394 g/mol. The van der Waals surface area contributed by atoms with Gasteiger partial charge in [0, 0.05) is 22.5 Å². The first-order valence-electron chi connectivity index (χ1n) is 8.67. The number of fused-ring (bicyclic) bond motifs is 2. The van der Waals surface area contributed by atoms with Crippen LogP contribution in [0.15, 0.2) is 60.7 Å². The zero-order valence-corrected chi connectivity index (χ0v) is 16.0. The van der Waals surface area contributed by atoms with Gasteiger partial charge in [-0.25, -0.2) is 4.79 Å². The molecular formula is C21H16ClN3O4. The number of urea groups is 1. The number of benzene rings is 3. The minimum absolute atomic E-state index is 0.288. The number of ether oxygens (including phenoxy) is 2. The molecule has 1 aliphatic heterocycles. The number of carbonyl (C=O) groups is 2. The summed E-state index contributed by atoms with van der Waals surface area (Å²) >= 11 is 5.99. The maximum Gasteiger partial charge on any atom is 0.323 e. The quantitative estimate of drug-likeness (QED) is 0.544. The normalized spacial score (nSPS) is 11.9. The molecule has 7 nitrogen and oxygen atoms in total. The van der Waals surface area contributed by atoms with Crippen molar-refractivity contribution in [2.45, 2.75) is 0 Å². The highest BCUT2D eigenvalue weighted by molar-refractivity contribution is 6.31. The van der Waals surface area contributed by atoms with Crippen LogP contribution in [0, 0.1) is 0 Å². The second-order valence-electron chi connectivity index (χ2n) is 6.22. The highest BCUT2D eigenvalue weighted by Gasteiger charge is 2.21. The van der Waals surface area contributed by atoms with Gasteiger partial charge in [0.2, 0.25) is 0 Å². The number of rotatable bonds is 3. The Labute approximate surface area is 171 Å². The van der Waals surface area contributed by atoms with Gasteiger partial charge >= 0.3 is 6.03 Å². The monoisotopic (exact) mass is 409 g/mol. The third kappa shape index (κ3) is 4.09. The molecule has 8 heteroatoms. The molecule has 0 aliphatic carbocycles. The average Bonchev–Trinajstić information content (AvgIpc) is 2.83. The Morgan fingerprint density at radius 2 is 1.76 bits per heavy atom. The predicted molar refractivity (Wildman–Crippen MR) is 112 cm³/mol. The molecule has 3 aromatic carbocycles. The molecule has 1 heterocycles. The highest BCUT2D eigenvalue weighted by Crippen LogP contribution is 2.37. The van der Waals surface area contributed by atoms with E-state index in [2.05, 4.69) is 16.0 Å². The standard InChI is InChI=1S/C21H16ClN3O4/c1-28-15-4-2-3-13(10-15)23-21(27)24-14-6-8-18-16(11-14)20(26)25-17-9-12(22)5-7-19(17)29-18/h2-11H,1H3,(H,25,26)(H2,23,24,27). The summed E-state index contributed by atoms with van der Waals surface area (Å²) in [5.74, 6) is 1.12. The van der Waals surface area contributed by atoms with Gasteiger partial charge in [0.15, 0.2) is 5.75 Å². The molecule has 0 atom stereocenters. The molecule has 0 spiro atoms. The van der Waals surface area contributed by atoms with Gasteiger partial charge in [0.25, 0.3) is 5.91 Å². The Kier molecular flexibility index (Phi) is 4.97. The lowest BCUT2D eigenvalue weighted by molar-refractivity contribution is 0.102. The summed E-state index contributed by atoms with van der Waals surface area (Å²) in [6, 6.07) is 16.3. The molecule has 29 heavy (non-hydrogen) atoms. The van der Waals surface area contributed by atoms with Gasteiger partial charge in [-0.1, -0.05) is 17.7 Å². The molecule has 3 amide bonds. The Morgan fingerprint density at radius 1 is 1.00 bits per heavy atom. The van der Waals surface area contributed by atoms with E-state index in [0.29, 0.717) is 39.3 Å². The van der Waals surface area contributed by atoms with Crippen LogP contribution in [-0.4, -0.2) is 19.0 Å². The first-order valence-corrected chi connectivity index (χ1v) is 9.04. The lowest BCUT2D eigenvalue weighted by atomic mass is 10.1. The van der Waals surface area contributed by atoms with Crippen LogP contribution in [0.2, 0.25) is 5.02 Å². The van der Waals surface area contributed by atoms with Gasteiger partial charge in [0.1, 0.15) is 11.5 Å². The molecule has 4 rings (SSSR count). The Bertz CT molecular complexity index is 1120. The topological polar surface area (TPSA) is 88.7 Å². The van der Waals surface area contributed by atoms with E-state index in [0.717, 1.165) is 0 Å². The molecule has 0 bridgehead atoms. The summed E-state index contributed by atoms with van der Waals surface area (Å²) in [4.78, 5) is 24.9. The fourth-order valence-electron chi connectivity index (χ4n) is 2.87. The smallest absolute Gasteiger partial charge is 0.323 e. The third-order valence-electron chi connectivity index (χ3n) is 4.22. The van der Waals surface area contributed by atoms with E-state index in [1.807, 2.05) is 0 Å². The molecule has 3 N–H and O–H groups in total. The number of hydrogen-bond acceptors (Lipinski definition) is 4. The van der Waals surface area contributed by atoms with E-state index in [4.69, 9.17) is 21.1 Å². The molecule has 146 valence electrons. The summed E-state index contributed by atoms with van der Waals surface area (Å²) in [5.41, 5.74) is 1.78. The SMILES string of the molecule is COc1cccc(NC(=O)Nc2ccc3c(c2)C(=O)Nc2cc(Cl)ccc2O3)c1. The summed E-state index contributed by atoms with van der Waals surface area (Å²) in [6.45, 7) is 0. The minimum atomic E-state index is -0.455. The van der Waals surface area contributed by atoms with Gasteiger partial charge in [-0.2, -0.15) is 0 Å². The van der Waals surface area contributed by atoms with Gasteiger partial charge in [-0.3, -0.25) is 4.79 Å². The van der Waals surface area contributed by atoms with Gasteiger partial charge in [-0.15, -0.1) is 0 Å². The van der Waals surface area contributed by atoms with Crippen LogP contribution in [-0.2, 0) is 0 Å². The summed E-state index contributed by atoms with van der Waals surface area (Å²) in [7, 11) is 1.55. The van der Waals surface area contributed by atoms with Crippen LogP contribution in [0.25, 0.3) is 0 Å². The third-order valence-corrected chi connectivity index (χ3v) is 4.45. The fourth-order valence-corrected chi connectivity index (χ4v) is 3.04. The van der Waals surface area contributed by atoms with E-state index in [9.17, 15) is 9.59 Å². The fraction of sp³-hybridized carbons (Fsp3) is 0.0476. The number of halogens is 1. The number of methoxy groups -OCH3 is 1. The summed E-state index contributed by atoms with van der Waals surface area (Å²) < 4.78 is 11.0. The van der Waals surface area contributed by atoms with Crippen molar-refractivity contribution in [1.82, 2.24) is 0 Å². The van der Waals surface area contributed by atoms with Gasteiger partial charge in [-0.05, 0) is 48.5 Å². The van der Waals surface area contributed by atoms with Crippen molar-refractivity contribution in [2.75, 3.05) is 23.1 Å². The number of hydrogen-bond donors (Lipinski definition) is 3. The van der Waals surface area contributed by atoms with Crippen molar-refractivity contribution in [1.29, 1.82) is 0 Å². The van der Waals surface area contributed by atoms with Crippen LogP contribution in [0.3, 0.4) is 0 Å². The van der Waals surface area contributed by atoms with Gasteiger partial charge < -0.3 is 25.4 Å². The lowest BCUT2D eigenvalue weighted by Crippen LogP contribution is -2.20. The molecule has 0 saturated heterocycles. The highest BCUT2D eigenvalue weighted by atomic mass is 35.5. The van der Waals surface area contributed by atoms with Crippen molar-refractivity contribution in [3.63, 3.8) is 0 Å². The van der Waals surface area contributed by atoms with E-state index in [1.54, 1.807) is 67.8 Å². The molecule has 0 unspecified atom stereocenters. The summed E-state index contributed by atoms with van der Waals surface area (Å²) in [6.07, 6.45) is 0.